The minimum atomic E-state index is -0.708. The molecule has 3 N–H and O–H groups in total. The average molecular weight is 669 g/mol. The van der Waals surface area contributed by atoms with E-state index in [0.717, 1.165) is 56.1 Å². The number of aliphatic hydroxyl groups is 1. The molecule has 6 unspecified atom stereocenters. The minimum Gasteiger partial charge on any atom is -0.456 e. The summed E-state index contributed by atoms with van der Waals surface area (Å²) in [6.45, 7) is 0.220. The van der Waals surface area contributed by atoms with Gasteiger partial charge in [-0.3, -0.25) is 9.59 Å². The lowest BCUT2D eigenvalue weighted by Crippen LogP contribution is -2.44. The summed E-state index contributed by atoms with van der Waals surface area (Å²) in [5.74, 6) is -0.664. The minimum absolute atomic E-state index is 0.146. The Hall–Kier alpha value is -3.83. The van der Waals surface area contributed by atoms with E-state index in [2.05, 4.69) is 16.7 Å². The van der Waals surface area contributed by atoms with Gasteiger partial charge < -0.3 is 34.7 Å². The van der Waals surface area contributed by atoms with Crippen molar-refractivity contribution < 1.29 is 38.4 Å². The summed E-state index contributed by atoms with van der Waals surface area (Å²) >= 11 is 0. The molecule has 0 spiro atoms. The predicted molar refractivity (Wildman–Crippen MR) is 179 cm³/mol. The van der Waals surface area contributed by atoms with E-state index in [1.54, 1.807) is 24.3 Å². The standard InChI is InChI=1S/C39H44N2O8/c42-17-16-40-36(43)26-6-3-4-24(18-26)22-41-37(44)27-20-33(35-34(21-27)48-39(49-35,28-11-12-28)29-13-14-29)47-38(45)30-7-2-1-5-25(30)10-8-23-9-15-31-32(19-23)46-31/h1-8,10,18,21,23,28-29,31-35,42H,9,11-17,19-20,22H2,(H,40,43)(H,41,44). The van der Waals surface area contributed by atoms with Crippen LogP contribution in [0.5, 0.6) is 0 Å². The number of allylic oxidation sites excluding steroid dienone is 1. The molecule has 2 amide bonds. The Morgan fingerprint density at radius 2 is 1.73 bits per heavy atom. The number of carbonyl (C=O) groups excluding carboxylic acids is 3. The van der Waals surface area contributed by atoms with E-state index in [1.165, 1.54) is 0 Å². The Labute approximate surface area is 286 Å². The van der Waals surface area contributed by atoms with Gasteiger partial charge in [-0.05, 0) is 86.3 Å². The fourth-order valence-corrected chi connectivity index (χ4v) is 7.84. The molecule has 258 valence electrons. The highest BCUT2D eigenvalue weighted by atomic mass is 16.8. The Morgan fingerprint density at radius 1 is 0.918 bits per heavy atom. The number of epoxide rings is 1. The smallest absolute Gasteiger partial charge is 0.339 e. The van der Waals surface area contributed by atoms with Crippen LogP contribution in [0.2, 0.25) is 0 Å². The van der Waals surface area contributed by atoms with Crippen LogP contribution in [0.3, 0.4) is 0 Å². The SMILES string of the molecule is O=C(NCc1cccc(C(=O)NCCO)c1)C1=CC2OC(C3CC3)(C3CC3)OC2C(OC(=O)c2ccccc2C=CC2CCC3OC3C2)C1. The van der Waals surface area contributed by atoms with Gasteiger partial charge in [0.25, 0.3) is 5.91 Å². The number of carbonyl (C=O) groups is 3. The molecule has 0 bridgehead atoms. The van der Waals surface area contributed by atoms with E-state index in [4.69, 9.17) is 24.1 Å². The van der Waals surface area contributed by atoms with Crippen LogP contribution in [0.25, 0.3) is 6.08 Å². The monoisotopic (exact) mass is 668 g/mol. The fraction of sp³-hybridized carbons (Fsp3) is 0.513. The molecule has 2 saturated heterocycles. The number of amides is 2. The summed E-state index contributed by atoms with van der Waals surface area (Å²) in [6, 6.07) is 14.5. The second kappa shape index (κ2) is 13.5. The molecule has 49 heavy (non-hydrogen) atoms. The maximum absolute atomic E-state index is 13.9. The molecule has 2 aliphatic heterocycles. The average Bonchev–Trinajstić information content (AvgIpc) is 3.99. The van der Waals surface area contributed by atoms with Gasteiger partial charge in [0.05, 0.1) is 24.4 Å². The molecule has 6 aliphatic rings. The zero-order valence-electron chi connectivity index (χ0n) is 27.6. The van der Waals surface area contributed by atoms with Gasteiger partial charge in [0, 0.05) is 42.5 Å². The second-order valence-electron chi connectivity index (χ2n) is 14.4. The predicted octanol–water partition coefficient (Wildman–Crippen LogP) is 4.46. The summed E-state index contributed by atoms with van der Waals surface area (Å²) in [7, 11) is 0. The van der Waals surface area contributed by atoms with Crippen LogP contribution >= 0.6 is 0 Å². The fourth-order valence-electron chi connectivity index (χ4n) is 7.84. The number of hydrogen-bond acceptors (Lipinski definition) is 8. The van der Waals surface area contributed by atoms with Crippen molar-refractivity contribution in [3.05, 3.63) is 88.5 Å². The molecule has 6 atom stereocenters. The van der Waals surface area contributed by atoms with Crippen LogP contribution in [-0.2, 0) is 30.3 Å². The van der Waals surface area contributed by atoms with Gasteiger partial charge in [0.2, 0.25) is 5.91 Å². The molecule has 10 nitrogen and oxygen atoms in total. The topological polar surface area (TPSA) is 136 Å². The highest BCUT2D eigenvalue weighted by Crippen LogP contribution is 2.59. The third kappa shape index (κ3) is 6.97. The van der Waals surface area contributed by atoms with Gasteiger partial charge >= 0.3 is 5.97 Å². The molecule has 0 radical (unpaired) electrons. The van der Waals surface area contributed by atoms with Crippen molar-refractivity contribution in [2.75, 3.05) is 13.2 Å². The quantitative estimate of drug-likeness (QED) is 0.223. The summed E-state index contributed by atoms with van der Waals surface area (Å²) in [5.41, 5.74) is 2.96. The first-order valence-corrected chi connectivity index (χ1v) is 17.9. The molecule has 2 aromatic rings. The molecule has 10 heteroatoms. The van der Waals surface area contributed by atoms with Crippen LogP contribution in [-0.4, -0.2) is 72.3 Å². The van der Waals surface area contributed by atoms with E-state index in [-0.39, 0.29) is 37.9 Å². The maximum atomic E-state index is 13.9. The van der Waals surface area contributed by atoms with Crippen LogP contribution in [0.1, 0.15) is 83.2 Å². The number of hydrogen-bond donors (Lipinski definition) is 3. The number of benzene rings is 2. The molecule has 4 aliphatic carbocycles. The second-order valence-corrected chi connectivity index (χ2v) is 14.4. The lowest BCUT2D eigenvalue weighted by atomic mass is 9.88. The molecule has 3 saturated carbocycles. The molecular weight excluding hydrogens is 624 g/mol. The van der Waals surface area contributed by atoms with Gasteiger partial charge in [-0.1, -0.05) is 42.5 Å². The Kier molecular flexibility index (Phi) is 8.90. The van der Waals surface area contributed by atoms with Crippen molar-refractivity contribution in [1.29, 1.82) is 0 Å². The van der Waals surface area contributed by atoms with Crippen LogP contribution in [0.4, 0.5) is 0 Å². The van der Waals surface area contributed by atoms with Gasteiger partial charge in [-0.15, -0.1) is 0 Å². The third-order valence-corrected chi connectivity index (χ3v) is 10.8. The van der Waals surface area contributed by atoms with Gasteiger partial charge in [0.1, 0.15) is 18.3 Å². The highest BCUT2D eigenvalue weighted by Gasteiger charge is 2.64. The molecule has 2 aromatic carbocycles. The van der Waals surface area contributed by atoms with Crippen molar-refractivity contribution in [3.8, 4) is 0 Å². The van der Waals surface area contributed by atoms with E-state index in [9.17, 15) is 14.4 Å². The van der Waals surface area contributed by atoms with Crippen molar-refractivity contribution >= 4 is 23.9 Å². The number of fused-ring (bicyclic) bond motifs is 2. The highest BCUT2D eigenvalue weighted by molar-refractivity contribution is 5.96. The van der Waals surface area contributed by atoms with Crippen LogP contribution in [0, 0.1) is 17.8 Å². The first-order chi connectivity index (χ1) is 23.9. The number of ether oxygens (including phenoxy) is 4. The number of rotatable bonds is 12. The molecule has 0 aromatic heterocycles. The normalized spacial score (nSPS) is 29.8. The Bertz CT molecular complexity index is 1650. The molecule has 8 rings (SSSR count). The molecule has 2 heterocycles. The number of aliphatic hydroxyl groups excluding tert-OH is 1. The van der Waals surface area contributed by atoms with Crippen molar-refractivity contribution in [3.63, 3.8) is 0 Å². The first-order valence-electron chi connectivity index (χ1n) is 17.9. The molecule has 5 fully saturated rings. The van der Waals surface area contributed by atoms with Gasteiger partial charge in [-0.2, -0.15) is 0 Å². The summed E-state index contributed by atoms with van der Waals surface area (Å²) in [6.07, 6.45) is 12.7. The lowest BCUT2D eigenvalue weighted by molar-refractivity contribution is -0.209. The van der Waals surface area contributed by atoms with Gasteiger partial charge in [0.15, 0.2) is 5.79 Å². The Balaban J connectivity index is 0.987. The molecular formula is C39H44N2O8. The summed E-state index contributed by atoms with van der Waals surface area (Å²) in [4.78, 5) is 39.9. The van der Waals surface area contributed by atoms with Crippen LogP contribution < -0.4 is 10.6 Å². The van der Waals surface area contributed by atoms with E-state index < -0.39 is 30.1 Å². The van der Waals surface area contributed by atoms with Gasteiger partial charge in [-0.25, -0.2) is 4.79 Å². The zero-order chi connectivity index (χ0) is 33.5. The third-order valence-electron chi connectivity index (χ3n) is 10.8. The maximum Gasteiger partial charge on any atom is 0.339 e. The number of esters is 1. The summed E-state index contributed by atoms with van der Waals surface area (Å²) < 4.78 is 25.5. The number of nitrogens with one attached hydrogen (secondary N) is 2. The van der Waals surface area contributed by atoms with E-state index in [1.807, 2.05) is 36.4 Å². The van der Waals surface area contributed by atoms with Crippen molar-refractivity contribution in [2.24, 2.45) is 17.8 Å². The van der Waals surface area contributed by atoms with Crippen molar-refractivity contribution in [1.82, 2.24) is 10.6 Å². The van der Waals surface area contributed by atoms with E-state index >= 15 is 0 Å². The lowest BCUT2D eigenvalue weighted by Gasteiger charge is -2.31. The van der Waals surface area contributed by atoms with Crippen LogP contribution in [0.15, 0.2) is 66.3 Å². The first kappa shape index (κ1) is 32.4. The van der Waals surface area contributed by atoms with Crippen molar-refractivity contribution in [2.45, 2.75) is 94.2 Å². The Morgan fingerprint density at radius 3 is 2.51 bits per heavy atom. The largest absolute Gasteiger partial charge is 0.456 e. The zero-order valence-corrected chi connectivity index (χ0v) is 27.6. The summed E-state index contributed by atoms with van der Waals surface area (Å²) in [5, 5.41) is 14.7. The van der Waals surface area contributed by atoms with E-state index in [0.29, 0.717) is 46.7 Å².